The van der Waals surface area contributed by atoms with Gasteiger partial charge < -0.3 is 10.3 Å². The van der Waals surface area contributed by atoms with Gasteiger partial charge in [-0.15, -0.1) is 11.3 Å². The summed E-state index contributed by atoms with van der Waals surface area (Å²) in [6, 6.07) is 1.73. The summed E-state index contributed by atoms with van der Waals surface area (Å²) in [5.74, 6) is -0.131. The molecule has 0 aromatic carbocycles. The number of nitrogens with one attached hydrogen (secondary N) is 2. The topological polar surface area (TPSA) is 57.8 Å². The summed E-state index contributed by atoms with van der Waals surface area (Å²) in [7, 11) is 0. The van der Waals surface area contributed by atoms with Crippen LogP contribution in [0.3, 0.4) is 0 Å². The number of aromatic nitrogens is 2. The molecular formula is C9H8BrN3OS. The Morgan fingerprint density at radius 3 is 3.13 bits per heavy atom. The van der Waals surface area contributed by atoms with Gasteiger partial charge in [0, 0.05) is 16.0 Å². The Labute approximate surface area is 98.9 Å². The van der Waals surface area contributed by atoms with Crippen molar-refractivity contribution in [3.63, 3.8) is 0 Å². The molecule has 2 aromatic heterocycles. The zero-order valence-corrected chi connectivity index (χ0v) is 10.1. The minimum absolute atomic E-state index is 0.131. The number of amides is 1. The Balaban J connectivity index is 1.93. The van der Waals surface area contributed by atoms with Crippen molar-refractivity contribution in [2.45, 2.75) is 6.54 Å². The van der Waals surface area contributed by atoms with Gasteiger partial charge in [-0.05, 0) is 22.0 Å². The first-order chi connectivity index (χ1) is 7.25. The zero-order valence-electron chi connectivity index (χ0n) is 7.66. The molecule has 0 saturated heterocycles. The van der Waals surface area contributed by atoms with E-state index in [4.69, 9.17) is 0 Å². The molecule has 2 N–H and O–H groups in total. The average molecular weight is 286 g/mol. The lowest BCUT2D eigenvalue weighted by Crippen LogP contribution is -2.23. The molecule has 2 aromatic rings. The van der Waals surface area contributed by atoms with E-state index in [0.29, 0.717) is 12.2 Å². The molecule has 78 valence electrons. The molecule has 0 saturated carbocycles. The summed E-state index contributed by atoms with van der Waals surface area (Å²) >= 11 is 4.78. The van der Waals surface area contributed by atoms with Gasteiger partial charge in [0.25, 0.3) is 5.91 Å². The number of thiazole rings is 1. The van der Waals surface area contributed by atoms with E-state index in [1.165, 1.54) is 11.3 Å². The first kappa shape index (κ1) is 10.4. The predicted octanol–water partition coefficient (Wildman–Crippen LogP) is 2.16. The maximum atomic E-state index is 11.6. The maximum Gasteiger partial charge on any atom is 0.268 e. The molecule has 0 atom stereocenters. The lowest BCUT2D eigenvalue weighted by Gasteiger charge is -2.00. The van der Waals surface area contributed by atoms with Crippen LogP contribution in [0.25, 0.3) is 0 Å². The van der Waals surface area contributed by atoms with E-state index < -0.39 is 0 Å². The van der Waals surface area contributed by atoms with Crippen molar-refractivity contribution in [3.05, 3.63) is 39.0 Å². The molecule has 0 radical (unpaired) electrons. The quantitative estimate of drug-likeness (QED) is 0.908. The molecule has 15 heavy (non-hydrogen) atoms. The van der Waals surface area contributed by atoms with Crippen molar-refractivity contribution in [1.82, 2.24) is 15.3 Å². The summed E-state index contributed by atoms with van der Waals surface area (Å²) in [5.41, 5.74) is 3.16. The van der Waals surface area contributed by atoms with E-state index in [1.807, 2.05) is 5.38 Å². The van der Waals surface area contributed by atoms with Gasteiger partial charge in [0.15, 0.2) is 0 Å². The Morgan fingerprint density at radius 2 is 2.53 bits per heavy atom. The van der Waals surface area contributed by atoms with E-state index in [0.717, 1.165) is 10.2 Å². The van der Waals surface area contributed by atoms with E-state index in [2.05, 4.69) is 31.2 Å². The molecule has 2 heterocycles. The number of nitrogens with zero attached hydrogens (tertiary/aromatic N) is 1. The molecule has 0 bridgehead atoms. The highest BCUT2D eigenvalue weighted by molar-refractivity contribution is 9.10. The number of hydrogen-bond donors (Lipinski definition) is 2. The summed E-state index contributed by atoms with van der Waals surface area (Å²) in [4.78, 5) is 18.5. The van der Waals surface area contributed by atoms with Crippen LogP contribution in [0.15, 0.2) is 27.6 Å². The molecule has 4 nitrogen and oxygen atoms in total. The van der Waals surface area contributed by atoms with Crippen molar-refractivity contribution in [3.8, 4) is 0 Å². The number of halogens is 1. The van der Waals surface area contributed by atoms with Crippen LogP contribution >= 0.6 is 27.3 Å². The molecule has 0 fully saturated rings. The van der Waals surface area contributed by atoms with Crippen molar-refractivity contribution >= 4 is 33.2 Å². The highest BCUT2D eigenvalue weighted by atomic mass is 79.9. The van der Waals surface area contributed by atoms with Gasteiger partial charge >= 0.3 is 0 Å². The lowest BCUT2D eigenvalue weighted by atomic mass is 10.4. The minimum atomic E-state index is -0.131. The Bertz CT molecular complexity index is 452. The Morgan fingerprint density at radius 1 is 1.67 bits per heavy atom. The number of H-pyrrole nitrogens is 1. The molecular weight excluding hydrogens is 278 g/mol. The zero-order chi connectivity index (χ0) is 10.7. The van der Waals surface area contributed by atoms with E-state index in [9.17, 15) is 4.79 Å². The van der Waals surface area contributed by atoms with E-state index in [1.54, 1.807) is 17.8 Å². The van der Waals surface area contributed by atoms with Crippen LogP contribution in [0.2, 0.25) is 0 Å². The van der Waals surface area contributed by atoms with Crippen molar-refractivity contribution < 1.29 is 4.79 Å². The number of aromatic amines is 1. The normalized spacial score (nSPS) is 10.2. The van der Waals surface area contributed by atoms with Crippen LogP contribution in [-0.4, -0.2) is 15.9 Å². The molecule has 2 rings (SSSR count). The van der Waals surface area contributed by atoms with Crippen molar-refractivity contribution in [2.24, 2.45) is 0 Å². The van der Waals surface area contributed by atoms with Gasteiger partial charge in [-0.1, -0.05) is 0 Å². The first-order valence-electron chi connectivity index (χ1n) is 4.25. The van der Waals surface area contributed by atoms with Crippen LogP contribution in [0.1, 0.15) is 16.2 Å². The van der Waals surface area contributed by atoms with Gasteiger partial charge in [-0.3, -0.25) is 4.79 Å². The Kier molecular flexibility index (Phi) is 3.17. The number of hydrogen-bond acceptors (Lipinski definition) is 3. The summed E-state index contributed by atoms with van der Waals surface area (Å²) in [6.45, 7) is 0.457. The Hall–Kier alpha value is -1.14. The molecule has 0 aliphatic heterocycles. The molecule has 0 aliphatic rings. The fourth-order valence-corrected chi connectivity index (χ4v) is 1.99. The third-order valence-corrected chi connectivity index (χ3v) is 2.90. The largest absolute Gasteiger partial charge is 0.356 e. The second-order valence-electron chi connectivity index (χ2n) is 2.89. The van der Waals surface area contributed by atoms with Gasteiger partial charge in [0.1, 0.15) is 5.69 Å². The first-order valence-corrected chi connectivity index (χ1v) is 5.98. The summed E-state index contributed by atoms with van der Waals surface area (Å²) < 4.78 is 0.862. The molecule has 6 heteroatoms. The average Bonchev–Trinajstić information content (AvgIpc) is 2.84. The highest BCUT2D eigenvalue weighted by Crippen LogP contribution is 2.10. The minimum Gasteiger partial charge on any atom is -0.356 e. The fraction of sp³-hybridized carbons (Fsp3) is 0.111. The lowest BCUT2D eigenvalue weighted by molar-refractivity contribution is 0.0946. The summed E-state index contributed by atoms with van der Waals surface area (Å²) in [5, 5.41) is 4.68. The van der Waals surface area contributed by atoms with Crippen LogP contribution in [0.4, 0.5) is 0 Å². The van der Waals surface area contributed by atoms with E-state index >= 15 is 0 Å². The fourth-order valence-electron chi connectivity index (χ4n) is 1.09. The third kappa shape index (κ3) is 2.66. The molecule has 1 amide bonds. The van der Waals surface area contributed by atoms with Gasteiger partial charge in [-0.25, -0.2) is 4.98 Å². The van der Waals surface area contributed by atoms with Crippen LogP contribution < -0.4 is 5.32 Å². The second kappa shape index (κ2) is 4.59. The third-order valence-electron chi connectivity index (χ3n) is 1.81. The number of rotatable bonds is 3. The van der Waals surface area contributed by atoms with Crippen molar-refractivity contribution in [1.29, 1.82) is 0 Å². The van der Waals surface area contributed by atoms with E-state index in [-0.39, 0.29) is 5.91 Å². The highest BCUT2D eigenvalue weighted by Gasteiger charge is 2.07. The van der Waals surface area contributed by atoms with Gasteiger partial charge in [0.05, 0.1) is 17.7 Å². The maximum absolute atomic E-state index is 11.6. The monoisotopic (exact) mass is 285 g/mol. The number of carbonyl (C=O) groups excluding carboxylic acids is 1. The van der Waals surface area contributed by atoms with Crippen LogP contribution in [0, 0.1) is 0 Å². The summed E-state index contributed by atoms with van der Waals surface area (Å²) in [6.07, 6.45) is 1.72. The molecule has 0 spiro atoms. The van der Waals surface area contributed by atoms with Crippen molar-refractivity contribution in [2.75, 3.05) is 0 Å². The molecule has 0 unspecified atom stereocenters. The second-order valence-corrected chi connectivity index (χ2v) is 4.53. The SMILES string of the molecule is O=C(NCc1cscn1)c1cc(Br)c[nH]1. The standard InChI is InChI=1S/C9H8BrN3OS/c10-6-1-8(11-2-6)9(14)12-3-7-4-15-5-13-7/h1-2,4-5,11H,3H2,(H,12,14). The van der Waals surface area contributed by atoms with Crippen LogP contribution in [-0.2, 0) is 6.54 Å². The van der Waals surface area contributed by atoms with Gasteiger partial charge in [0.2, 0.25) is 0 Å². The van der Waals surface area contributed by atoms with Gasteiger partial charge in [-0.2, -0.15) is 0 Å². The van der Waals surface area contributed by atoms with Crippen LogP contribution in [0.5, 0.6) is 0 Å². The predicted molar refractivity (Wildman–Crippen MR) is 61.8 cm³/mol. The molecule has 0 aliphatic carbocycles. The number of carbonyl (C=O) groups is 1. The smallest absolute Gasteiger partial charge is 0.268 e.